The number of carbonyl (C=O) groups excluding carboxylic acids is 1. The van der Waals surface area contributed by atoms with Gasteiger partial charge in [0.2, 0.25) is 0 Å². The van der Waals surface area contributed by atoms with Crippen molar-refractivity contribution in [2.45, 2.75) is 13.1 Å². The van der Waals surface area contributed by atoms with Crippen molar-refractivity contribution in [2.75, 3.05) is 0 Å². The van der Waals surface area contributed by atoms with Gasteiger partial charge < -0.3 is 0 Å². The summed E-state index contributed by atoms with van der Waals surface area (Å²) in [7, 11) is 0. The van der Waals surface area contributed by atoms with E-state index >= 15 is 0 Å². The Hall–Kier alpha value is -3.29. The number of rotatable bonds is 5. The molecule has 150 valence electrons. The number of fused-ring (bicyclic) bond motifs is 1. The summed E-state index contributed by atoms with van der Waals surface area (Å²) in [6.07, 6.45) is 3.04. The molecule has 0 aliphatic heterocycles. The lowest BCUT2D eigenvalue weighted by Gasteiger charge is -2.13. The number of hydrogen-bond donors (Lipinski definition) is 0. The SMILES string of the molecule is O=C(Cn1c(=O)n(Cc2ccccn2)c(=O)c2ncccc21)c1ccc(Cl)c(Cl)c1. The smallest absolute Gasteiger partial charge is 0.292 e. The van der Waals surface area contributed by atoms with Gasteiger partial charge in [0, 0.05) is 18.0 Å². The lowest BCUT2D eigenvalue weighted by atomic mass is 10.1. The summed E-state index contributed by atoms with van der Waals surface area (Å²) < 4.78 is 2.26. The topological polar surface area (TPSA) is 86.9 Å². The van der Waals surface area contributed by atoms with Gasteiger partial charge in [-0.25, -0.2) is 9.78 Å². The fourth-order valence-electron chi connectivity index (χ4n) is 3.09. The molecule has 0 saturated carbocycles. The van der Waals surface area contributed by atoms with E-state index in [1.807, 2.05) is 0 Å². The third kappa shape index (κ3) is 3.77. The van der Waals surface area contributed by atoms with E-state index in [4.69, 9.17) is 23.2 Å². The van der Waals surface area contributed by atoms with Crippen LogP contribution in [0, 0.1) is 0 Å². The van der Waals surface area contributed by atoms with Crippen LogP contribution in [0.25, 0.3) is 11.0 Å². The van der Waals surface area contributed by atoms with E-state index < -0.39 is 11.2 Å². The minimum Gasteiger partial charge on any atom is -0.292 e. The van der Waals surface area contributed by atoms with Gasteiger partial charge in [0.25, 0.3) is 5.56 Å². The quantitative estimate of drug-likeness (QED) is 0.444. The number of ketones is 1. The predicted octanol–water partition coefficient (Wildman–Crippen LogP) is 3.19. The summed E-state index contributed by atoms with van der Waals surface area (Å²) in [5.74, 6) is -0.358. The Labute approximate surface area is 180 Å². The molecule has 0 bridgehead atoms. The fourth-order valence-corrected chi connectivity index (χ4v) is 3.39. The highest BCUT2D eigenvalue weighted by Crippen LogP contribution is 2.23. The second-order valence-electron chi connectivity index (χ2n) is 6.50. The van der Waals surface area contributed by atoms with Crippen LogP contribution in [0.15, 0.2) is 70.5 Å². The Morgan fingerprint density at radius 3 is 2.43 bits per heavy atom. The second kappa shape index (κ2) is 8.22. The minimum absolute atomic E-state index is 0.0357. The van der Waals surface area contributed by atoms with E-state index in [0.717, 1.165) is 4.57 Å². The van der Waals surface area contributed by atoms with Crippen LogP contribution in [0.1, 0.15) is 16.1 Å². The molecule has 4 rings (SSSR count). The van der Waals surface area contributed by atoms with Gasteiger partial charge in [0.05, 0.1) is 34.3 Å². The number of carbonyl (C=O) groups is 1. The van der Waals surface area contributed by atoms with Crippen molar-refractivity contribution in [3.8, 4) is 0 Å². The molecule has 9 heteroatoms. The highest BCUT2D eigenvalue weighted by molar-refractivity contribution is 6.42. The highest BCUT2D eigenvalue weighted by Gasteiger charge is 2.18. The van der Waals surface area contributed by atoms with Crippen molar-refractivity contribution in [3.05, 3.63) is 103 Å². The zero-order chi connectivity index (χ0) is 21.3. The minimum atomic E-state index is -0.625. The Morgan fingerprint density at radius 1 is 0.900 bits per heavy atom. The van der Waals surface area contributed by atoms with Gasteiger partial charge in [0.15, 0.2) is 11.3 Å². The van der Waals surface area contributed by atoms with Crippen molar-refractivity contribution in [3.63, 3.8) is 0 Å². The first-order valence-electron chi connectivity index (χ1n) is 8.92. The predicted molar refractivity (Wildman–Crippen MR) is 114 cm³/mol. The summed E-state index contributed by atoms with van der Waals surface area (Å²) >= 11 is 11.9. The number of benzene rings is 1. The normalized spacial score (nSPS) is 11.0. The van der Waals surface area contributed by atoms with Crippen molar-refractivity contribution in [2.24, 2.45) is 0 Å². The van der Waals surface area contributed by atoms with Crippen LogP contribution in [0.5, 0.6) is 0 Å². The van der Waals surface area contributed by atoms with Gasteiger partial charge in [-0.05, 0) is 42.5 Å². The maximum absolute atomic E-state index is 13.2. The summed E-state index contributed by atoms with van der Waals surface area (Å²) in [5.41, 5.74) is 0.0392. The summed E-state index contributed by atoms with van der Waals surface area (Å²) in [5, 5.41) is 0.561. The summed E-state index contributed by atoms with van der Waals surface area (Å²) in [4.78, 5) is 47.2. The second-order valence-corrected chi connectivity index (χ2v) is 7.32. The molecular formula is C21H14Cl2N4O3. The third-order valence-corrected chi connectivity index (χ3v) is 5.32. The molecule has 3 heterocycles. The van der Waals surface area contributed by atoms with Crippen LogP contribution in [-0.4, -0.2) is 24.9 Å². The van der Waals surface area contributed by atoms with Gasteiger partial charge in [-0.15, -0.1) is 0 Å². The maximum Gasteiger partial charge on any atom is 0.332 e. The molecule has 0 aliphatic carbocycles. The third-order valence-electron chi connectivity index (χ3n) is 4.58. The molecule has 0 unspecified atom stereocenters. The Bertz CT molecular complexity index is 1380. The molecule has 7 nitrogen and oxygen atoms in total. The van der Waals surface area contributed by atoms with Crippen LogP contribution in [0.2, 0.25) is 10.0 Å². The molecule has 30 heavy (non-hydrogen) atoms. The molecule has 0 atom stereocenters. The molecule has 0 saturated heterocycles. The molecule has 4 aromatic rings. The number of pyridine rings is 2. The molecule has 0 aliphatic rings. The van der Waals surface area contributed by atoms with E-state index in [2.05, 4.69) is 9.97 Å². The first-order valence-corrected chi connectivity index (χ1v) is 9.68. The van der Waals surface area contributed by atoms with E-state index in [0.29, 0.717) is 16.3 Å². The van der Waals surface area contributed by atoms with Gasteiger partial charge in [-0.2, -0.15) is 0 Å². The van der Waals surface area contributed by atoms with E-state index in [1.165, 1.54) is 29.0 Å². The average molecular weight is 441 g/mol. The van der Waals surface area contributed by atoms with E-state index in [1.54, 1.807) is 36.5 Å². The Morgan fingerprint density at radius 2 is 1.70 bits per heavy atom. The maximum atomic E-state index is 13.2. The summed E-state index contributed by atoms with van der Waals surface area (Å²) in [6.45, 7) is -0.326. The van der Waals surface area contributed by atoms with Crippen LogP contribution in [0.3, 0.4) is 0 Å². The molecule has 0 spiro atoms. The standard InChI is InChI=1S/C21H14Cl2N4O3/c22-15-7-6-13(10-16(15)23)18(28)12-26-17-5-3-9-25-19(17)20(29)27(21(26)30)11-14-4-1-2-8-24-14/h1-10H,11-12H2. The first-order chi connectivity index (χ1) is 14.5. The number of Topliss-reactive ketones (excluding diaryl/α,β-unsaturated/α-hetero) is 1. The first kappa shape index (κ1) is 20.0. The van der Waals surface area contributed by atoms with Crippen molar-refractivity contribution in [1.29, 1.82) is 0 Å². The average Bonchev–Trinajstić information content (AvgIpc) is 2.76. The molecular weight excluding hydrogens is 427 g/mol. The fraction of sp³-hybridized carbons (Fsp3) is 0.0952. The van der Waals surface area contributed by atoms with Crippen LogP contribution < -0.4 is 11.2 Å². The number of hydrogen-bond acceptors (Lipinski definition) is 5. The molecule has 0 fully saturated rings. The van der Waals surface area contributed by atoms with Crippen LogP contribution in [-0.2, 0) is 13.1 Å². The van der Waals surface area contributed by atoms with Gasteiger partial charge in [-0.3, -0.25) is 23.7 Å². The van der Waals surface area contributed by atoms with E-state index in [9.17, 15) is 14.4 Å². The van der Waals surface area contributed by atoms with Crippen molar-refractivity contribution >= 4 is 40.0 Å². The van der Waals surface area contributed by atoms with Crippen LogP contribution in [0.4, 0.5) is 0 Å². The zero-order valence-corrected chi connectivity index (χ0v) is 17.0. The monoisotopic (exact) mass is 440 g/mol. The largest absolute Gasteiger partial charge is 0.332 e. The summed E-state index contributed by atoms with van der Waals surface area (Å²) in [6, 6.07) is 12.9. The molecule has 0 amide bonds. The van der Waals surface area contributed by atoms with E-state index in [-0.39, 0.29) is 34.9 Å². The highest BCUT2D eigenvalue weighted by atomic mass is 35.5. The molecule has 0 N–H and O–H groups in total. The number of halogens is 2. The molecule has 1 aromatic carbocycles. The van der Waals surface area contributed by atoms with Gasteiger partial charge >= 0.3 is 5.69 Å². The molecule has 3 aromatic heterocycles. The Kier molecular flexibility index (Phi) is 5.48. The number of aromatic nitrogens is 4. The van der Waals surface area contributed by atoms with Crippen LogP contribution >= 0.6 is 23.2 Å². The van der Waals surface area contributed by atoms with Gasteiger partial charge in [0.1, 0.15) is 0 Å². The Balaban J connectivity index is 1.84. The van der Waals surface area contributed by atoms with Crippen molar-refractivity contribution in [1.82, 2.24) is 19.1 Å². The van der Waals surface area contributed by atoms with Gasteiger partial charge in [-0.1, -0.05) is 29.3 Å². The number of nitrogens with zero attached hydrogens (tertiary/aromatic N) is 4. The lowest BCUT2D eigenvalue weighted by Crippen LogP contribution is -2.41. The lowest BCUT2D eigenvalue weighted by molar-refractivity contribution is 0.0971. The molecule has 0 radical (unpaired) electrons. The zero-order valence-electron chi connectivity index (χ0n) is 15.5. The van der Waals surface area contributed by atoms with Crippen molar-refractivity contribution < 1.29 is 4.79 Å².